The molecule has 2 N–H and O–H groups in total. The molecule has 0 aliphatic carbocycles. The van der Waals surface area contributed by atoms with E-state index in [0.29, 0.717) is 11.1 Å². The average Bonchev–Trinajstić information content (AvgIpc) is 3.58. The van der Waals surface area contributed by atoms with Gasteiger partial charge < -0.3 is 9.97 Å². The number of nitrogens with zero attached hydrogens (tertiary/aromatic N) is 2. The van der Waals surface area contributed by atoms with E-state index in [0.717, 1.165) is 67.4 Å². The molecule has 6 rings (SSSR count). The van der Waals surface area contributed by atoms with E-state index in [1.54, 1.807) is 12.4 Å². The van der Waals surface area contributed by atoms with Gasteiger partial charge in [-0.25, -0.2) is 9.97 Å². The van der Waals surface area contributed by atoms with Gasteiger partial charge in [0.05, 0.1) is 23.8 Å². The second kappa shape index (κ2) is 9.82. The largest absolute Gasteiger partial charge is 0.338 e. The molecular formula is C29H22N4O2P2. The monoisotopic (exact) mass is 520 g/mol. The summed E-state index contributed by atoms with van der Waals surface area (Å²) in [5.41, 5.74) is 8.85. The summed E-state index contributed by atoms with van der Waals surface area (Å²) >= 11 is 0. The number of aromatic amines is 2. The number of carbonyl (C=O) groups excluding carboxylic acids is 2. The number of carbonyl (C=O) groups is 2. The van der Waals surface area contributed by atoms with Crippen molar-refractivity contribution in [2.45, 2.75) is 6.92 Å². The zero-order valence-corrected chi connectivity index (χ0v) is 21.9. The summed E-state index contributed by atoms with van der Waals surface area (Å²) in [7, 11) is 0.0732. The van der Waals surface area contributed by atoms with Crippen molar-refractivity contribution in [2.75, 3.05) is 0 Å². The van der Waals surface area contributed by atoms with Gasteiger partial charge in [0.1, 0.15) is 23.2 Å². The summed E-state index contributed by atoms with van der Waals surface area (Å²) in [6.45, 7) is 2.10. The zero-order chi connectivity index (χ0) is 25.4. The first-order valence-electron chi connectivity index (χ1n) is 11.7. The van der Waals surface area contributed by atoms with Crippen molar-refractivity contribution < 1.29 is 9.59 Å². The first-order valence-corrected chi connectivity index (χ1v) is 13.9. The molecule has 2 atom stereocenters. The van der Waals surface area contributed by atoms with Crippen LogP contribution in [0.3, 0.4) is 0 Å². The Morgan fingerprint density at radius 2 is 1.14 bits per heavy atom. The Morgan fingerprint density at radius 3 is 1.78 bits per heavy atom. The highest BCUT2D eigenvalue weighted by molar-refractivity contribution is 7.62. The molecular weight excluding hydrogens is 498 g/mol. The molecule has 4 aromatic carbocycles. The normalized spacial score (nSPS) is 11.9. The van der Waals surface area contributed by atoms with Crippen LogP contribution in [-0.2, 0) is 9.59 Å². The van der Waals surface area contributed by atoms with Crippen molar-refractivity contribution in [1.29, 1.82) is 0 Å². The molecule has 0 radical (unpaired) electrons. The SMILES string of the molecule is Cc1cc2cc(-c3ccc4cc(-c5cnc(PC=O)[nH]5)ccc4c3)ccc2cc1-c1cnc(PC=O)[nH]1. The third-order valence-corrected chi connectivity index (χ3v) is 7.79. The smallest absolute Gasteiger partial charge is 0.146 e. The molecule has 2 heterocycles. The van der Waals surface area contributed by atoms with Gasteiger partial charge in [0.25, 0.3) is 0 Å². The number of hydrogen-bond acceptors (Lipinski definition) is 4. The van der Waals surface area contributed by atoms with Crippen LogP contribution in [0.25, 0.3) is 55.2 Å². The Labute approximate surface area is 216 Å². The van der Waals surface area contributed by atoms with Crippen LogP contribution in [0.2, 0.25) is 0 Å². The van der Waals surface area contributed by atoms with Crippen LogP contribution >= 0.6 is 17.2 Å². The van der Waals surface area contributed by atoms with Gasteiger partial charge in [0.2, 0.25) is 0 Å². The number of imidazole rings is 2. The van der Waals surface area contributed by atoms with Crippen molar-refractivity contribution in [2.24, 2.45) is 0 Å². The summed E-state index contributed by atoms with van der Waals surface area (Å²) in [4.78, 5) is 36.7. The lowest BCUT2D eigenvalue weighted by molar-refractivity contribution is 0.569. The van der Waals surface area contributed by atoms with Crippen LogP contribution in [-0.4, -0.2) is 32.0 Å². The molecule has 0 bridgehead atoms. The van der Waals surface area contributed by atoms with E-state index >= 15 is 0 Å². The van der Waals surface area contributed by atoms with E-state index in [4.69, 9.17) is 0 Å². The molecule has 2 unspecified atom stereocenters. The molecule has 6 aromatic rings. The van der Waals surface area contributed by atoms with Crippen molar-refractivity contribution in [3.05, 3.63) is 84.7 Å². The molecule has 8 heteroatoms. The average molecular weight is 520 g/mol. The molecule has 0 saturated carbocycles. The van der Waals surface area contributed by atoms with Crippen molar-refractivity contribution in [3.8, 4) is 33.6 Å². The predicted molar refractivity (Wildman–Crippen MR) is 156 cm³/mol. The van der Waals surface area contributed by atoms with Crippen LogP contribution in [0.4, 0.5) is 0 Å². The summed E-state index contributed by atoms with van der Waals surface area (Å²) in [5.74, 6) is 0. The lowest BCUT2D eigenvalue weighted by atomic mass is 9.95. The summed E-state index contributed by atoms with van der Waals surface area (Å²) < 4.78 is 0. The van der Waals surface area contributed by atoms with Crippen LogP contribution < -0.4 is 11.1 Å². The zero-order valence-electron chi connectivity index (χ0n) is 19.9. The maximum absolute atomic E-state index is 10.8. The number of nitrogens with one attached hydrogen (secondary N) is 2. The maximum atomic E-state index is 10.8. The Balaban J connectivity index is 1.32. The van der Waals surface area contributed by atoms with Crippen molar-refractivity contribution >= 4 is 61.9 Å². The lowest BCUT2D eigenvalue weighted by Crippen LogP contribution is -1.98. The van der Waals surface area contributed by atoms with Crippen LogP contribution in [0.1, 0.15) is 5.56 Å². The molecule has 2 aromatic heterocycles. The molecule has 180 valence electrons. The number of H-pyrrole nitrogens is 2. The lowest BCUT2D eigenvalue weighted by Gasteiger charge is -2.10. The molecule has 0 saturated heterocycles. The molecule has 0 fully saturated rings. The van der Waals surface area contributed by atoms with E-state index in [9.17, 15) is 9.59 Å². The second-order valence-electron chi connectivity index (χ2n) is 8.82. The number of rotatable bonds is 7. The highest BCUT2D eigenvalue weighted by Crippen LogP contribution is 2.32. The van der Waals surface area contributed by atoms with E-state index < -0.39 is 0 Å². The number of benzene rings is 4. The fourth-order valence-corrected chi connectivity index (χ4v) is 5.57. The molecule has 37 heavy (non-hydrogen) atoms. The first kappa shape index (κ1) is 23.4. The standard InChI is InChI=1S/C29H22N4O2P2/c1-17-8-24-11-21(4-5-22(24)12-25(17)27-14-31-29(33-27)37-16-35)18-2-3-20-10-23(7-6-19(20)9-18)26-13-30-28(32-26)36-15-34/h2-16,36-37H,1H3,(H,30,32)(H,31,33). The van der Waals surface area contributed by atoms with Crippen LogP contribution in [0, 0.1) is 6.92 Å². The minimum Gasteiger partial charge on any atom is -0.338 e. The van der Waals surface area contributed by atoms with Gasteiger partial charge in [0, 0.05) is 28.3 Å². The fourth-order valence-electron chi connectivity index (χ4n) is 4.66. The number of hydrogen-bond donors (Lipinski definition) is 2. The summed E-state index contributed by atoms with van der Waals surface area (Å²) in [6.07, 6.45) is 3.58. The van der Waals surface area contributed by atoms with Crippen molar-refractivity contribution in [3.63, 3.8) is 0 Å². The highest BCUT2D eigenvalue weighted by atomic mass is 31.1. The van der Waals surface area contributed by atoms with Crippen LogP contribution in [0.15, 0.2) is 79.1 Å². The number of fused-ring (bicyclic) bond motifs is 2. The fraction of sp³-hybridized carbons (Fsp3) is 0.0345. The Kier molecular flexibility index (Phi) is 6.21. The minimum absolute atomic E-state index is 0.0354. The van der Waals surface area contributed by atoms with Crippen LogP contribution in [0.5, 0.6) is 0 Å². The Bertz CT molecular complexity index is 1810. The van der Waals surface area contributed by atoms with E-state index in [1.807, 2.05) is 0 Å². The van der Waals surface area contributed by atoms with E-state index in [2.05, 4.69) is 93.6 Å². The molecule has 0 aliphatic rings. The summed E-state index contributed by atoms with van der Waals surface area (Å²) in [6, 6.07) is 25.5. The Hall–Kier alpha value is -3.98. The second-order valence-corrected chi connectivity index (χ2v) is 10.8. The quantitative estimate of drug-likeness (QED) is 0.208. The predicted octanol–water partition coefficient (Wildman–Crippen LogP) is 5.74. The van der Waals surface area contributed by atoms with Gasteiger partial charge in [-0.2, -0.15) is 0 Å². The topological polar surface area (TPSA) is 91.5 Å². The molecule has 6 nitrogen and oxygen atoms in total. The summed E-state index contributed by atoms with van der Waals surface area (Å²) in [5, 5.41) is 4.63. The third-order valence-electron chi connectivity index (χ3n) is 6.50. The van der Waals surface area contributed by atoms with E-state index in [1.165, 1.54) is 5.39 Å². The van der Waals surface area contributed by atoms with Crippen molar-refractivity contribution in [1.82, 2.24) is 19.9 Å². The maximum Gasteiger partial charge on any atom is 0.146 e. The van der Waals surface area contributed by atoms with Gasteiger partial charge in [-0.1, -0.05) is 42.5 Å². The number of aryl methyl sites for hydroxylation is 1. The van der Waals surface area contributed by atoms with Gasteiger partial charge in [-0.15, -0.1) is 0 Å². The van der Waals surface area contributed by atoms with Gasteiger partial charge in [0.15, 0.2) is 0 Å². The van der Waals surface area contributed by atoms with E-state index in [-0.39, 0.29) is 17.2 Å². The third kappa shape index (κ3) is 4.62. The molecule has 0 spiro atoms. The molecule has 0 aliphatic heterocycles. The van der Waals surface area contributed by atoms with Gasteiger partial charge >= 0.3 is 0 Å². The highest BCUT2D eigenvalue weighted by Gasteiger charge is 2.10. The molecule has 0 amide bonds. The van der Waals surface area contributed by atoms with Gasteiger partial charge in [-0.05, 0) is 69.4 Å². The first-order chi connectivity index (χ1) is 18.1. The Morgan fingerprint density at radius 1 is 0.622 bits per heavy atom. The minimum atomic E-state index is 0.0354. The van der Waals surface area contributed by atoms with Gasteiger partial charge in [-0.3, -0.25) is 9.59 Å². The number of aromatic nitrogens is 4.